The standard InChI is InChI=1S/C27H31N7O6/c1-26(2,3)39-24(37)33-20-11-7-9-18(29-20)31-22(35)16-13-14-17(28-15-16)23(36)32-19-10-8-12-21(30-19)34-25(38)40-27(4,5)6/h7-15H,1-6H3,(H2,29,31,33,35,37)(H2,30,32,34,36,38). The third kappa shape index (κ3) is 9.67. The summed E-state index contributed by atoms with van der Waals surface area (Å²) >= 11 is 0. The van der Waals surface area contributed by atoms with Crippen LogP contribution in [0.4, 0.5) is 32.9 Å². The van der Waals surface area contributed by atoms with E-state index in [0.29, 0.717) is 0 Å². The Morgan fingerprint density at radius 1 is 0.600 bits per heavy atom. The number of ether oxygens (including phenoxy) is 2. The Morgan fingerprint density at radius 3 is 1.43 bits per heavy atom. The van der Waals surface area contributed by atoms with Gasteiger partial charge in [0.1, 0.15) is 40.2 Å². The lowest BCUT2D eigenvalue weighted by Crippen LogP contribution is -2.27. The molecule has 0 bridgehead atoms. The van der Waals surface area contributed by atoms with Gasteiger partial charge >= 0.3 is 12.2 Å². The number of rotatable bonds is 6. The van der Waals surface area contributed by atoms with Crippen LogP contribution < -0.4 is 21.3 Å². The Labute approximate surface area is 231 Å². The second-order valence-corrected chi connectivity index (χ2v) is 10.4. The Bertz CT molecular complexity index is 1290. The van der Waals surface area contributed by atoms with Gasteiger partial charge in [-0.3, -0.25) is 25.2 Å². The van der Waals surface area contributed by atoms with Gasteiger partial charge in [-0.15, -0.1) is 0 Å². The molecule has 3 rings (SSSR count). The van der Waals surface area contributed by atoms with Crippen LogP contribution in [0.15, 0.2) is 54.7 Å². The second-order valence-electron chi connectivity index (χ2n) is 10.4. The number of pyridine rings is 3. The van der Waals surface area contributed by atoms with Gasteiger partial charge in [0.05, 0.1) is 5.56 Å². The van der Waals surface area contributed by atoms with Crippen molar-refractivity contribution in [3.63, 3.8) is 0 Å². The van der Waals surface area contributed by atoms with Gasteiger partial charge in [-0.05, 0) is 77.9 Å². The fourth-order valence-electron chi connectivity index (χ4n) is 3.00. The van der Waals surface area contributed by atoms with Gasteiger partial charge in [-0.1, -0.05) is 12.1 Å². The van der Waals surface area contributed by atoms with Crippen LogP contribution >= 0.6 is 0 Å². The van der Waals surface area contributed by atoms with Gasteiger partial charge in [0, 0.05) is 6.20 Å². The number of nitrogens with zero attached hydrogens (tertiary/aromatic N) is 3. The van der Waals surface area contributed by atoms with E-state index in [-0.39, 0.29) is 34.5 Å². The quantitative estimate of drug-likeness (QED) is 0.327. The van der Waals surface area contributed by atoms with Crippen molar-refractivity contribution >= 4 is 47.3 Å². The van der Waals surface area contributed by atoms with Crippen molar-refractivity contribution in [2.75, 3.05) is 21.3 Å². The van der Waals surface area contributed by atoms with Crippen LogP contribution in [-0.4, -0.2) is 50.2 Å². The zero-order chi connectivity index (χ0) is 29.5. The monoisotopic (exact) mass is 549 g/mol. The Hall–Kier alpha value is -5.07. The number of nitrogens with one attached hydrogen (secondary N) is 4. The molecule has 0 saturated carbocycles. The van der Waals surface area contributed by atoms with Crippen LogP contribution in [0.25, 0.3) is 0 Å². The molecule has 4 amide bonds. The van der Waals surface area contributed by atoms with Crippen molar-refractivity contribution < 1.29 is 28.7 Å². The van der Waals surface area contributed by atoms with Crippen LogP contribution in [0.5, 0.6) is 0 Å². The van der Waals surface area contributed by atoms with E-state index in [4.69, 9.17) is 9.47 Å². The minimum atomic E-state index is -0.680. The lowest BCUT2D eigenvalue weighted by atomic mass is 10.2. The highest BCUT2D eigenvalue weighted by atomic mass is 16.6. The molecule has 3 aromatic rings. The molecule has 40 heavy (non-hydrogen) atoms. The van der Waals surface area contributed by atoms with Gasteiger partial charge in [0.15, 0.2) is 0 Å². The van der Waals surface area contributed by atoms with E-state index >= 15 is 0 Å². The highest BCUT2D eigenvalue weighted by Crippen LogP contribution is 2.15. The van der Waals surface area contributed by atoms with Gasteiger partial charge in [0.2, 0.25) is 0 Å². The number of aromatic nitrogens is 3. The summed E-state index contributed by atoms with van der Waals surface area (Å²) in [6.45, 7) is 10.4. The Balaban J connectivity index is 1.59. The lowest BCUT2D eigenvalue weighted by molar-refractivity contribution is 0.0624. The zero-order valence-corrected chi connectivity index (χ0v) is 23.0. The van der Waals surface area contributed by atoms with Crippen molar-refractivity contribution in [3.05, 3.63) is 66.0 Å². The Morgan fingerprint density at radius 2 is 1.02 bits per heavy atom. The SMILES string of the molecule is CC(C)(C)OC(=O)Nc1cccc(NC(=O)c2ccc(C(=O)Nc3cccc(NC(=O)OC(C)(C)C)n3)nc2)n1. The molecule has 0 spiro atoms. The molecule has 0 aromatic carbocycles. The number of hydrogen-bond acceptors (Lipinski definition) is 9. The highest BCUT2D eigenvalue weighted by Gasteiger charge is 2.18. The third-order valence-electron chi connectivity index (χ3n) is 4.50. The van der Waals surface area contributed by atoms with Crippen LogP contribution in [0.3, 0.4) is 0 Å². The molecule has 0 aliphatic rings. The summed E-state index contributed by atoms with van der Waals surface area (Å²) in [5, 5.41) is 10.2. The smallest absolute Gasteiger partial charge is 0.413 e. The number of amides is 4. The second kappa shape index (κ2) is 12.2. The molecular weight excluding hydrogens is 518 g/mol. The highest BCUT2D eigenvalue weighted by molar-refractivity contribution is 6.05. The summed E-state index contributed by atoms with van der Waals surface area (Å²) in [6, 6.07) is 12.2. The van der Waals surface area contributed by atoms with Crippen LogP contribution in [0, 0.1) is 0 Å². The summed E-state index contributed by atoms with van der Waals surface area (Å²) in [7, 11) is 0. The van der Waals surface area contributed by atoms with Crippen molar-refractivity contribution in [2.45, 2.75) is 52.7 Å². The van der Waals surface area contributed by atoms with Crippen LogP contribution in [-0.2, 0) is 9.47 Å². The van der Waals surface area contributed by atoms with Gasteiger partial charge in [-0.2, -0.15) is 0 Å². The first-order valence-corrected chi connectivity index (χ1v) is 12.2. The van der Waals surface area contributed by atoms with E-state index in [2.05, 4.69) is 36.2 Å². The van der Waals surface area contributed by atoms with E-state index in [1.54, 1.807) is 77.9 Å². The average Bonchev–Trinajstić information content (AvgIpc) is 2.82. The maximum absolute atomic E-state index is 12.7. The van der Waals surface area contributed by atoms with E-state index in [1.807, 2.05) is 0 Å². The lowest BCUT2D eigenvalue weighted by Gasteiger charge is -2.19. The summed E-state index contributed by atoms with van der Waals surface area (Å²) in [4.78, 5) is 61.6. The first-order valence-electron chi connectivity index (χ1n) is 12.2. The van der Waals surface area contributed by atoms with Crippen molar-refractivity contribution in [1.82, 2.24) is 15.0 Å². The first kappa shape index (κ1) is 29.5. The minimum Gasteiger partial charge on any atom is -0.444 e. The molecule has 13 nitrogen and oxygen atoms in total. The van der Waals surface area contributed by atoms with E-state index < -0.39 is 35.2 Å². The predicted molar refractivity (Wildman–Crippen MR) is 148 cm³/mol. The number of hydrogen-bond donors (Lipinski definition) is 4. The topological polar surface area (TPSA) is 174 Å². The molecule has 4 N–H and O–H groups in total. The molecule has 0 atom stereocenters. The summed E-state index contributed by atoms with van der Waals surface area (Å²) in [5.41, 5.74) is -1.15. The van der Waals surface area contributed by atoms with E-state index in [9.17, 15) is 19.2 Å². The average molecular weight is 550 g/mol. The van der Waals surface area contributed by atoms with Gasteiger partial charge in [0.25, 0.3) is 11.8 Å². The fourth-order valence-corrected chi connectivity index (χ4v) is 3.00. The van der Waals surface area contributed by atoms with Crippen molar-refractivity contribution in [1.29, 1.82) is 0 Å². The molecule has 3 aromatic heterocycles. The minimum absolute atomic E-state index is 0.0329. The zero-order valence-electron chi connectivity index (χ0n) is 23.0. The molecular formula is C27H31N7O6. The molecule has 0 aliphatic carbocycles. The largest absolute Gasteiger partial charge is 0.444 e. The predicted octanol–water partition coefficient (Wildman–Crippen LogP) is 5.07. The summed E-state index contributed by atoms with van der Waals surface area (Å²) < 4.78 is 10.4. The molecule has 13 heteroatoms. The fraction of sp³-hybridized carbons (Fsp3) is 0.296. The van der Waals surface area contributed by atoms with Crippen molar-refractivity contribution in [2.24, 2.45) is 0 Å². The summed E-state index contributed by atoms with van der Waals surface area (Å²) in [5.74, 6) is -0.359. The molecule has 0 fully saturated rings. The Kier molecular flexibility index (Phi) is 8.99. The third-order valence-corrected chi connectivity index (χ3v) is 4.50. The molecule has 210 valence electrons. The molecule has 0 unspecified atom stereocenters. The molecule has 0 saturated heterocycles. The van der Waals surface area contributed by atoms with Crippen LogP contribution in [0.2, 0.25) is 0 Å². The normalized spacial score (nSPS) is 11.2. The molecule has 0 aliphatic heterocycles. The van der Waals surface area contributed by atoms with E-state index in [0.717, 1.165) is 0 Å². The maximum Gasteiger partial charge on any atom is 0.413 e. The number of carbonyl (C=O) groups excluding carboxylic acids is 4. The van der Waals surface area contributed by atoms with E-state index in [1.165, 1.54) is 18.3 Å². The number of anilines is 4. The maximum atomic E-state index is 12.7. The van der Waals surface area contributed by atoms with Gasteiger partial charge < -0.3 is 20.1 Å². The summed E-state index contributed by atoms with van der Waals surface area (Å²) in [6.07, 6.45) is -0.121. The number of carbonyl (C=O) groups is 4. The van der Waals surface area contributed by atoms with Gasteiger partial charge in [-0.25, -0.2) is 19.6 Å². The first-order chi connectivity index (χ1) is 18.7. The van der Waals surface area contributed by atoms with Crippen molar-refractivity contribution in [3.8, 4) is 0 Å². The molecule has 0 radical (unpaired) electrons. The molecule has 3 heterocycles. The van der Waals surface area contributed by atoms with Crippen LogP contribution in [0.1, 0.15) is 62.4 Å².